The number of aliphatic hydroxyl groups excluding tert-OH is 1. The fraction of sp³-hybridized carbons (Fsp3) is 0.238. The molecule has 4 nitrogen and oxygen atoms in total. The maximum atomic E-state index is 9.50. The highest BCUT2D eigenvalue weighted by Crippen LogP contribution is 2.28. The Hall–Kier alpha value is -2.90. The highest BCUT2D eigenvalue weighted by Gasteiger charge is 2.15. The molecular formula is C21H21N3O. The van der Waals surface area contributed by atoms with Gasteiger partial charge in [0.2, 0.25) is 0 Å². The van der Waals surface area contributed by atoms with E-state index in [1.807, 2.05) is 43.3 Å². The molecule has 25 heavy (non-hydrogen) atoms. The molecule has 0 saturated carbocycles. The number of aryl methyl sites for hydroxylation is 1. The monoisotopic (exact) mass is 331 g/mol. The Morgan fingerprint density at radius 1 is 1.20 bits per heavy atom. The average molecular weight is 331 g/mol. The first-order valence-corrected chi connectivity index (χ1v) is 8.42. The summed E-state index contributed by atoms with van der Waals surface area (Å²) in [7, 11) is 0. The number of aliphatic hydroxyl groups is 1. The van der Waals surface area contributed by atoms with Gasteiger partial charge >= 0.3 is 0 Å². The van der Waals surface area contributed by atoms with Crippen LogP contribution < -0.4 is 5.32 Å². The molecule has 0 saturated heterocycles. The lowest BCUT2D eigenvalue weighted by molar-refractivity contribution is 0.279. The van der Waals surface area contributed by atoms with E-state index in [4.69, 9.17) is 0 Å². The van der Waals surface area contributed by atoms with E-state index in [1.165, 1.54) is 5.56 Å². The number of benzene rings is 2. The Bertz CT molecular complexity index is 900. The molecule has 1 aromatic heterocycles. The van der Waals surface area contributed by atoms with Crippen molar-refractivity contribution in [3.8, 4) is 6.07 Å². The van der Waals surface area contributed by atoms with Crippen molar-refractivity contribution in [1.29, 1.82) is 5.26 Å². The van der Waals surface area contributed by atoms with Crippen LogP contribution >= 0.6 is 0 Å². The Morgan fingerprint density at radius 2 is 2.00 bits per heavy atom. The molecule has 4 heteroatoms. The summed E-state index contributed by atoms with van der Waals surface area (Å²) in [5.41, 5.74) is 4.49. The summed E-state index contributed by atoms with van der Waals surface area (Å²) in [4.78, 5) is 4.38. The Balaban J connectivity index is 1.98. The number of nitrogens with zero attached hydrogens (tertiary/aromatic N) is 2. The van der Waals surface area contributed by atoms with Crippen LogP contribution in [-0.4, -0.2) is 22.7 Å². The molecule has 0 radical (unpaired) electrons. The maximum Gasteiger partial charge on any atom is 0.103 e. The minimum Gasteiger partial charge on any atom is -0.396 e. The largest absolute Gasteiger partial charge is 0.396 e. The van der Waals surface area contributed by atoms with Gasteiger partial charge in [0, 0.05) is 24.2 Å². The molecule has 0 fully saturated rings. The van der Waals surface area contributed by atoms with Gasteiger partial charge in [0.25, 0.3) is 0 Å². The van der Waals surface area contributed by atoms with Gasteiger partial charge in [0.15, 0.2) is 0 Å². The predicted molar refractivity (Wildman–Crippen MR) is 100 cm³/mol. The zero-order valence-electron chi connectivity index (χ0n) is 14.2. The van der Waals surface area contributed by atoms with E-state index in [0.717, 1.165) is 28.6 Å². The lowest BCUT2D eigenvalue weighted by atomic mass is 10.0. The standard InChI is InChI=1S/C21H21N3O/c1-15-7-8-20-19(11-15)21(17(13-22)14-23-20)24-18(9-10-25)12-16-5-3-2-4-6-16/h2-8,11,14,18,25H,9-10,12H2,1H3,(H,23,24). The average Bonchev–Trinajstić information content (AvgIpc) is 2.63. The molecule has 0 aliphatic heterocycles. The zero-order valence-corrected chi connectivity index (χ0v) is 14.2. The number of hydrogen-bond donors (Lipinski definition) is 2. The third-order valence-electron chi connectivity index (χ3n) is 4.29. The zero-order chi connectivity index (χ0) is 17.6. The molecule has 2 N–H and O–H groups in total. The topological polar surface area (TPSA) is 68.9 Å². The number of pyridine rings is 1. The lowest BCUT2D eigenvalue weighted by Crippen LogP contribution is -2.24. The molecule has 0 aliphatic rings. The van der Waals surface area contributed by atoms with Gasteiger partial charge in [-0.05, 0) is 37.5 Å². The minimum atomic E-state index is 0.0330. The third-order valence-corrected chi connectivity index (χ3v) is 4.29. The van der Waals surface area contributed by atoms with Gasteiger partial charge in [-0.1, -0.05) is 42.0 Å². The molecule has 1 atom stereocenters. The van der Waals surface area contributed by atoms with Crippen LogP contribution in [0.25, 0.3) is 10.9 Å². The second kappa shape index (κ2) is 7.78. The molecule has 3 rings (SSSR count). The summed E-state index contributed by atoms with van der Waals surface area (Å²) in [6, 6.07) is 18.5. The Morgan fingerprint density at radius 3 is 2.72 bits per heavy atom. The maximum absolute atomic E-state index is 9.50. The molecule has 0 amide bonds. The van der Waals surface area contributed by atoms with E-state index < -0.39 is 0 Å². The third kappa shape index (κ3) is 3.96. The van der Waals surface area contributed by atoms with Crippen LogP contribution in [0.3, 0.4) is 0 Å². The van der Waals surface area contributed by atoms with E-state index in [9.17, 15) is 10.4 Å². The molecule has 126 valence electrons. The van der Waals surface area contributed by atoms with Gasteiger partial charge in [-0.15, -0.1) is 0 Å². The van der Waals surface area contributed by atoms with Crippen LogP contribution in [0.1, 0.15) is 23.1 Å². The van der Waals surface area contributed by atoms with Crippen molar-refractivity contribution in [3.63, 3.8) is 0 Å². The van der Waals surface area contributed by atoms with E-state index in [0.29, 0.717) is 12.0 Å². The van der Waals surface area contributed by atoms with Crippen molar-refractivity contribution < 1.29 is 5.11 Å². The van der Waals surface area contributed by atoms with Crippen molar-refractivity contribution in [2.75, 3.05) is 11.9 Å². The van der Waals surface area contributed by atoms with E-state index in [-0.39, 0.29) is 12.6 Å². The molecule has 1 unspecified atom stereocenters. The fourth-order valence-electron chi connectivity index (χ4n) is 3.03. The number of rotatable bonds is 6. The molecule has 0 aliphatic carbocycles. The van der Waals surface area contributed by atoms with Gasteiger partial charge in [0.1, 0.15) is 6.07 Å². The van der Waals surface area contributed by atoms with Crippen LogP contribution in [0.5, 0.6) is 0 Å². The first-order chi connectivity index (χ1) is 12.2. The van der Waals surface area contributed by atoms with Gasteiger partial charge < -0.3 is 10.4 Å². The number of nitriles is 1. The lowest BCUT2D eigenvalue weighted by Gasteiger charge is -2.21. The molecular weight excluding hydrogens is 310 g/mol. The normalized spacial score (nSPS) is 11.9. The van der Waals surface area contributed by atoms with Crippen LogP contribution in [-0.2, 0) is 6.42 Å². The summed E-state index contributed by atoms with van der Waals surface area (Å²) >= 11 is 0. The van der Waals surface area contributed by atoms with Crippen molar-refractivity contribution in [3.05, 3.63) is 71.4 Å². The first kappa shape index (κ1) is 16.9. The van der Waals surface area contributed by atoms with Crippen molar-refractivity contribution >= 4 is 16.6 Å². The van der Waals surface area contributed by atoms with Crippen LogP contribution in [0.2, 0.25) is 0 Å². The van der Waals surface area contributed by atoms with Crippen LogP contribution in [0, 0.1) is 18.3 Å². The molecule has 2 aromatic carbocycles. The van der Waals surface area contributed by atoms with Crippen LogP contribution in [0.4, 0.5) is 5.69 Å². The van der Waals surface area contributed by atoms with Gasteiger partial charge in [-0.3, -0.25) is 4.98 Å². The number of anilines is 1. The summed E-state index contributed by atoms with van der Waals surface area (Å²) in [6.45, 7) is 2.12. The quantitative estimate of drug-likeness (QED) is 0.720. The number of hydrogen-bond acceptors (Lipinski definition) is 4. The highest BCUT2D eigenvalue weighted by molar-refractivity contribution is 5.94. The van der Waals surface area contributed by atoms with Gasteiger partial charge in [-0.25, -0.2) is 0 Å². The first-order valence-electron chi connectivity index (χ1n) is 8.42. The van der Waals surface area contributed by atoms with Crippen LogP contribution in [0.15, 0.2) is 54.7 Å². The van der Waals surface area contributed by atoms with Gasteiger partial charge in [0.05, 0.1) is 16.8 Å². The molecule has 0 bridgehead atoms. The summed E-state index contributed by atoms with van der Waals surface area (Å²) in [5.74, 6) is 0. The minimum absolute atomic E-state index is 0.0330. The summed E-state index contributed by atoms with van der Waals surface area (Å²) < 4.78 is 0. The fourth-order valence-corrected chi connectivity index (χ4v) is 3.03. The number of aromatic nitrogens is 1. The molecule has 3 aromatic rings. The van der Waals surface area contributed by atoms with Gasteiger partial charge in [-0.2, -0.15) is 5.26 Å². The summed E-state index contributed by atoms with van der Waals surface area (Å²) in [6.07, 6.45) is 3.00. The Labute approximate surface area is 147 Å². The second-order valence-electron chi connectivity index (χ2n) is 6.22. The smallest absolute Gasteiger partial charge is 0.103 e. The van der Waals surface area contributed by atoms with E-state index in [2.05, 4.69) is 28.5 Å². The Kier molecular flexibility index (Phi) is 5.27. The predicted octanol–water partition coefficient (Wildman–Crippen LogP) is 3.82. The molecule has 1 heterocycles. The SMILES string of the molecule is Cc1ccc2ncc(C#N)c(NC(CCO)Cc3ccccc3)c2c1. The number of nitrogens with one attached hydrogen (secondary N) is 1. The molecule has 0 spiro atoms. The highest BCUT2D eigenvalue weighted by atomic mass is 16.3. The van der Waals surface area contributed by atoms with Crippen molar-refractivity contribution in [2.24, 2.45) is 0 Å². The van der Waals surface area contributed by atoms with E-state index >= 15 is 0 Å². The van der Waals surface area contributed by atoms with E-state index in [1.54, 1.807) is 6.20 Å². The number of fused-ring (bicyclic) bond motifs is 1. The van der Waals surface area contributed by atoms with Crippen molar-refractivity contribution in [1.82, 2.24) is 4.98 Å². The van der Waals surface area contributed by atoms with Crippen molar-refractivity contribution in [2.45, 2.75) is 25.8 Å². The summed E-state index contributed by atoms with van der Waals surface area (Å²) in [5, 5.41) is 23.4. The second-order valence-corrected chi connectivity index (χ2v) is 6.22.